The maximum atomic E-state index is 14.1. The highest BCUT2D eigenvalue weighted by Gasteiger charge is 2.45. The first-order chi connectivity index (χ1) is 15.8. The van der Waals surface area contributed by atoms with Crippen molar-refractivity contribution in [1.82, 2.24) is 4.90 Å². The SMILES string of the molecule is O=C1C(=O)N(CCc2ccc(Cl)c(Cl)c2)C(c2cccc(F)c2)/C1=C(\O)c1cccc(Cl)c1. The first kappa shape index (κ1) is 23.3. The Morgan fingerprint density at radius 1 is 0.939 bits per heavy atom. The van der Waals surface area contributed by atoms with E-state index in [4.69, 9.17) is 34.8 Å². The van der Waals surface area contributed by atoms with Gasteiger partial charge in [0.25, 0.3) is 11.7 Å². The molecule has 1 saturated heterocycles. The van der Waals surface area contributed by atoms with E-state index in [0.717, 1.165) is 5.56 Å². The van der Waals surface area contributed by atoms with Crippen LogP contribution in [-0.2, 0) is 16.0 Å². The molecule has 1 amide bonds. The van der Waals surface area contributed by atoms with Gasteiger partial charge in [-0.3, -0.25) is 9.59 Å². The van der Waals surface area contributed by atoms with E-state index in [1.807, 2.05) is 0 Å². The molecule has 3 aromatic rings. The minimum atomic E-state index is -0.970. The van der Waals surface area contributed by atoms with E-state index >= 15 is 0 Å². The van der Waals surface area contributed by atoms with E-state index < -0.39 is 23.5 Å². The molecule has 1 fully saturated rings. The highest BCUT2D eigenvalue weighted by atomic mass is 35.5. The number of aliphatic hydroxyl groups excluding tert-OH is 1. The van der Waals surface area contributed by atoms with Crippen molar-refractivity contribution in [1.29, 1.82) is 0 Å². The molecule has 0 aliphatic carbocycles. The number of carbonyl (C=O) groups is 2. The Morgan fingerprint density at radius 3 is 2.39 bits per heavy atom. The number of benzene rings is 3. The Bertz CT molecular complexity index is 1290. The molecule has 33 heavy (non-hydrogen) atoms. The molecule has 0 bridgehead atoms. The second-order valence-corrected chi connectivity index (χ2v) is 8.81. The molecule has 0 aromatic heterocycles. The van der Waals surface area contributed by atoms with E-state index in [0.29, 0.717) is 27.1 Å². The Hall–Kier alpha value is -2.86. The topological polar surface area (TPSA) is 57.6 Å². The third-order valence-corrected chi connectivity index (χ3v) is 6.40. The van der Waals surface area contributed by atoms with Gasteiger partial charge in [0.15, 0.2) is 0 Å². The summed E-state index contributed by atoms with van der Waals surface area (Å²) in [4.78, 5) is 27.3. The summed E-state index contributed by atoms with van der Waals surface area (Å²) in [5.74, 6) is -2.53. The number of amides is 1. The normalized spacial score (nSPS) is 17.6. The lowest BCUT2D eigenvalue weighted by Gasteiger charge is -2.25. The van der Waals surface area contributed by atoms with Crippen molar-refractivity contribution in [3.8, 4) is 0 Å². The van der Waals surface area contributed by atoms with Crippen molar-refractivity contribution in [3.05, 3.63) is 110 Å². The van der Waals surface area contributed by atoms with Crippen LogP contribution in [-0.4, -0.2) is 28.2 Å². The van der Waals surface area contributed by atoms with Gasteiger partial charge in [0.1, 0.15) is 11.6 Å². The average molecular weight is 505 g/mol. The molecule has 1 unspecified atom stereocenters. The summed E-state index contributed by atoms with van der Waals surface area (Å²) in [6.45, 7) is 0.135. The zero-order valence-corrected chi connectivity index (χ0v) is 19.3. The predicted octanol–water partition coefficient (Wildman–Crippen LogP) is 6.45. The molecule has 1 N–H and O–H groups in total. The van der Waals surface area contributed by atoms with Crippen LogP contribution in [0.4, 0.5) is 4.39 Å². The maximum absolute atomic E-state index is 14.1. The summed E-state index contributed by atoms with van der Waals surface area (Å²) < 4.78 is 14.1. The summed E-state index contributed by atoms with van der Waals surface area (Å²) in [6, 6.07) is 16.1. The summed E-state index contributed by atoms with van der Waals surface area (Å²) in [6.07, 6.45) is 0.368. The fourth-order valence-corrected chi connectivity index (χ4v) is 4.38. The van der Waals surface area contributed by atoms with Gasteiger partial charge in [-0.05, 0) is 53.9 Å². The molecule has 4 rings (SSSR count). The van der Waals surface area contributed by atoms with E-state index in [9.17, 15) is 19.1 Å². The van der Waals surface area contributed by atoms with Gasteiger partial charge in [-0.25, -0.2) is 4.39 Å². The molecule has 4 nitrogen and oxygen atoms in total. The highest BCUT2D eigenvalue weighted by Crippen LogP contribution is 2.40. The van der Waals surface area contributed by atoms with Crippen molar-refractivity contribution < 1.29 is 19.1 Å². The molecule has 0 radical (unpaired) electrons. The molecule has 0 spiro atoms. The highest BCUT2D eigenvalue weighted by molar-refractivity contribution is 6.46. The van der Waals surface area contributed by atoms with Gasteiger partial charge >= 0.3 is 0 Å². The molecule has 1 aliphatic heterocycles. The molecular formula is C25H17Cl3FNO3. The molecule has 3 aromatic carbocycles. The molecule has 1 aliphatic rings. The van der Waals surface area contributed by atoms with E-state index in [-0.39, 0.29) is 23.4 Å². The van der Waals surface area contributed by atoms with Crippen LogP contribution in [0.2, 0.25) is 15.1 Å². The second kappa shape index (κ2) is 9.56. The lowest BCUT2D eigenvalue weighted by Crippen LogP contribution is -2.31. The minimum Gasteiger partial charge on any atom is -0.507 e. The molecular weight excluding hydrogens is 488 g/mol. The van der Waals surface area contributed by atoms with Crippen molar-refractivity contribution in [2.75, 3.05) is 6.54 Å². The Morgan fingerprint density at radius 2 is 1.70 bits per heavy atom. The third-order valence-electron chi connectivity index (χ3n) is 5.43. The third kappa shape index (κ3) is 4.76. The average Bonchev–Trinajstić information content (AvgIpc) is 3.04. The number of likely N-dealkylation sites (tertiary alicyclic amines) is 1. The Labute approximate surface area is 204 Å². The fourth-order valence-electron chi connectivity index (χ4n) is 3.87. The first-order valence-corrected chi connectivity index (χ1v) is 11.1. The van der Waals surface area contributed by atoms with E-state index in [1.54, 1.807) is 42.5 Å². The monoisotopic (exact) mass is 503 g/mol. The second-order valence-electron chi connectivity index (χ2n) is 7.56. The number of rotatable bonds is 5. The predicted molar refractivity (Wildman–Crippen MR) is 127 cm³/mol. The molecule has 0 saturated carbocycles. The number of hydrogen-bond donors (Lipinski definition) is 1. The maximum Gasteiger partial charge on any atom is 0.295 e. The van der Waals surface area contributed by atoms with Crippen molar-refractivity contribution in [3.63, 3.8) is 0 Å². The number of aliphatic hydroxyl groups is 1. The van der Waals surface area contributed by atoms with Gasteiger partial charge in [-0.2, -0.15) is 0 Å². The van der Waals surface area contributed by atoms with Gasteiger partial charge in [0.2, 0.25) is 0 Å². The van der Waals surface area contributed by atoms with Crippen molar-refractivity contribution in [2.45, 2.75) is 12.5 Å². The number of carbonyl (C=O) groups excluding carboxylic acids is 2. The molecule has 1 heterocycles. The van der Waals surface area contributed by atoms with Gasteiger partial charge in [0, 0.05) is 17.1 Å². The zero-order valence-electron chi connectivity index (χ0n) is 17.1. The Balaban J connectivity index is 1.78. The largest absolute Gasteiger partial charge is 0.507 e. The van der Waals surface area contributed by atoms with Gasteiger partial charge < -0.3 is 10.0 Å². The number of ketones is 1. The van der Waals surface area contributed by atoms with Gasteiger partial charge in [-0.15, -0.1) is 0 Å². The van der Waals surface area contributed by atoms with Crippen LogP contribution in [0.3, 0.4) is 0 Å². The standard InChI is InChI=1S/C25H17Cl3FNO3/c26-17-5-1-4-16(12-17)23(31)21-22(15-3-2-6-18(29)13-15)30(25(33)24(21)32)10-9-14-7-8-19(27)20(28)11-14/h1-8,11-13,22,31H,9-10H2/b23-21+. The number of hydrogen-bond acceptors (Lipinski definition) is 3. The van der Waals surface area contributed by atoms with Crippen LogP contribution in [0.25, 0.3) is 5.76 Å². The number of Topliss-reactive ketones (excluding diaryl/α,β-unsaturated/α-hetero) is 1. The van der Waals surface area contributed by atoms with Crippen LogP contribution in [0.15, 0.2) is 72.3 Å². The van der Waals surface area contributed by atoms with Crippen LogP contribution in [0.1, 0.15) is 22.7 Å². The zero-order chi connectivity index (χ0) is 23.7. The molecule has 1 atom stereocenters. The van der Waals surface area contributed by atoms with Gasteiger partial charge in [0.05, 0.1) is 21.7 Å². The lowest BCUT2D eigenvalue weighted by atomic mass is 9.95. The minimum absolute atomic E-state index is 0.123. The van der Waals surface area contributed by atoms with E-state index in [1.165, 1.54) is 29.2 Å². The smallest absolute Gasteiger partial charge is 0.295 e. The first-order valence-electron chi connectivity index (χ1n) is 10.00. The van der Waals surface area contributed by atoms with Crippen LogP contribution < -0.4 is 0 Å². The number of nitrogens with zero attached hydrogens (tertiary/aromatic N) is 1. The summed E-state index contributed by atoms with van der Waals surface area (Å²) in [5, 5.41) is 12.1. The summed E-state index contributed by atoms with van der Waals surface area (Å²) in [7, 11) is 0. The van der Waals surface area contributed by atoms with Crippen LogP contribution in [0, 0.1) is 5.82 Å². The number of halogens is 4. The van der Waals surface area contributed by atoms with Crippen LogP contribution in [0.5, 0.6) is 0 Å². The van der Waals surface area contributed by atoms with Gasteiger partial charge in [-0.1, -0.05) is 65.1 Å². The van der Waals surface area contributed by atoms with Crippen molar-refractivity contribution in [2.24, 2.45) is 0 Å². The Kier molecular flexibility index (Phi) is 6.75. The summed E-state index contributed by atoms with van der Waals surface area (Å²) in [5.41, 5.74) is 1.33. The fraction of sp³-hybridized carbons (Fsp3) is 0.120. The molecule has 8 heteroatoms. The summed E-state index contributed by atoms with van der Waals surface area (Å²) >= 11 is 18.1. The quantitative estimate of drug-likeness (QED) is 0.247. The van der Waals surface area contributed by atoms with E-state index in [2.05, 4.69) is 0 Å². The van der Waals surface area contributed by atoms with Crippen LogP contribution >= 0.6 is 34.8 Å². The molecule has 168 valence electrons. The van der Waals surface area contributed by atoms with Crippen molar-refractivity contribution >= 4 is 52.3 Å². The lowest BCUT2D eigenvalue weighted by molar-refractivity contribution is -0.139.